The van der Waals surface area contributed by atoms with Crippen molar-refractivity contribution in [2.75, 3.05) is 6.61 Å². The second-order valence-electron chi connectivity index (χ2n) is 4.40. The Labute approximate surface area is 103 Å². The predicted octanol–water partition coefficient (Wildman–Crippen LogP) is 2.76. The molecule has 1 rings (SSSR count). The van der Waals surface area contributed by atoms with Crippen molar-refractivity contribution in [1.29, 1.82) is 0 Å². The summed E-state index contributed by atoms with van der Waals surface area (Å²) in [6, 6.07) is 7.71. The zero-order valence-corrected chi connectivity index (χ0v) is 10.8. The van der Waals surface area contributed by atoms with Gasteiger partial charge >= 0.3 is 5.97 Å². The van der Waals surface area contributed by atoms with Crippen LogP contribution in [0.1, 0.15) is 50.3 Å². The summed E-state index contributed by atoms with van der Waals surface area (Å²) < 4.78 is 4.92. The van der Waals surface area contributed by atoms with E-state index < -0.39 is 0 Å². The Morgan fingerprint density at radius 1 is 1.29 bits per heavy atom. The Morgan fingerprint density at radius 3 is 2.41 bits per heavy atom. The Kier molecular flexibility index (Phi) is 5.16. The third-order valence-corrected chi connectivity index (χ3v) is 2.71. The molecule has 94 valence electrons. The molecule has 0 amide bonds. The van der Waals surface area contributed by atoms with Crippen molar-refractivity contribution in [2.45, 2.75) is 39.2 Å². The molecule has 3 nitrogen and oxygen atoms in total. The van der Waals surface area contributed by atoms with Crippen molar-refractivity contribution in [2.24, 2.45) is 5.73 Å². The van der Waals surface area contributed by atoms with E-state index in [2.05, 4.69) is 19.9 Å². The fourth-order valence-electron chi connectivity index (χ4n) is 1.88. The molecule has 0 aliphatic heterocycles. The van der Waals surface area contributed by atoms with Crippen molar-refractivity contribution in [3.05, 3.63) is 35.4 Å². The van der Waals surface area contributed by atoms with Gasteiger partial charge in [0.2, 0.25) is 0 Å². The molecule has 0 radical (unpaired) electrons. The largest absolute Gasteiger partial charge is 0.466 e. The van der Waals surface area contributed by atoms with E-state index in [0.717, 1.165) is 5.56 Å². The molecule has 1 unspecified atom stereocenters. The molecular weight excluding hydrogens is 214 g/mol. The average molecular weight is 235 g/mol. The van der Waals surface area contributed by atoms with Gasteiger partial charge < -0.3 is 10.5 Å². The van der Waals surface area contributed by atoms with Crippen LogP contribution in [0.4, 0.5) is 0 Å². The van der Waals surface area contributed by atoms with Gasteiger partial charge in [0, 0.05) is 6.04 Å². The van der Waals surface area contributed by atoms with Crippen molar-refractivity contribution in [3.63, 3.8) is 0 Å². The van der Waals surface area contributed by atoms with Crippen LogP contribution in [0, 0.1) is 0 Å². The quantitative estimate of drug-likeness (QED) is 0.798. The molecule has 0 saturated heterocycles. The molecule has 0 aliphatic rings. The first-order valence-corrected chi connectivity index (χ1v) is 6.06. The summed E-state index contributed by atoms with van der Waals surface area (Å²) in [5.41, 5.74) is 8.30. The normalized spacial score (nSPS) is 12.5. The molecule has 0 bridgehead atoms. The number of benzene rings is 1. The van der Waals surface area contributed by atoms with E-state index in [1.165, 1.54) is 5.56 Å². The van der Waals surface area contributed by atoms with Gasteiger partial charge in [0.1, 0.15) is 0 Å². The minimum atomic E-state index is -0.285. The second kappa shape index (κ2) is 6.40. The summed E-state index contributed by atoms with van der Waals surface area (Å²) in [7, 11) is 0. The van der Waals surface area contributed by atoms with Crippen molar-refractivity contribution < 1.29 is 9.53 Å². The molecule has 1 aromatic rings. The minimum Gasteiger partial charge on any atom is -0.466 e. The zero-order valence-electron chi connectivity index (χ0n) is 10.8. The van der Waals surface area contributed by atoms with Crippen molar-refractivity contribution in [1.82, 2.24) is 0 Å². The monoisotopic (exact) mass is 235 g/mol. The zero-order chi connectivity index (χ0) is 12.8. The van der Waals surface area contributed by atoms with Crippen LogP contribution in [0.15, 0.2) is 24.3 Å². The summed E-state index contributed by atoms with van der Waals surface area (Å²) in [5, 5.41) is 0. The predicted molar refractivity (Wildman–Crippen MR) is 68.7 cm³/mol. The lowest BCUT2D eigenvalue weighted by Gasteiger charge is -2.17. The number of ether oxygens (including phenoxy) is 1. The summed E-state index contributed by atoms with van der Waals surface area (Å²) in [6.07, 6.45) is 0.234. The van der Waals surface area contributed by atoms with Crippen molar-refractivity contribution in [3.8, 4) is 0 Å². The molecule has 1 aromatic carbocycles. The molecule has 0 aliphatic carbocycles. The van der Waals surface area contributed by atoms with E-state index >= 15 is 0 Å². The van der Waals surface area contributed by atoms with Crippen LogP contribution in [0.25, 0.3) is 0 Å². The van der Waals surface area contributed by atoms with Gasteiger partial charge in [-0.15, -0.1) is 0 Å². The standard InChI is InChI=1S/C14H21NO2/c1-4-17-14(16)9-13(15)12-8-6-5-7-11(12)10(2)3/h5-8,10,13H,4,9,15H2,1-3H3. The highest BCUT2D eigenvalue weighted by molar-refractivity contribution is 5.70. The summed E-state index contributed by atoms with van der Waals surface area (Å²) in [6.45, 7) is 6.44. The fourth-order valence-corrected chi connectivity index (χ4v) is 1.88. The van der Waals surface area contributed by atoms with Crippen LogP contribution in [0.3, 0.4) is 0 Å². The molecule has 0 saturated carbocycles. The molecule has 0 aromatic heterocycles. The molecule has 0 fully saturated rings. The van der Waals surface area contributed by atoms with E-state index in [0.29, 0.717) is 12.5 Å². The molecule has 2 N–H and O–H groups in total. The maximum atomic E-state index is 11.4. The van der Waals surface area contributed by atoms with Gasteiger partial charge in [-0.1, -0.05) is 38.1 Å². The van der Waals surface area contributed by atoms with Crippen LogP contribution in [-0.2, 0) is 9.53 Å². The number of hydrogen-bond donors (Lipinski definition) is 1. The maximum absolute atomic E-state index is 11.4. The lowest BCUT2D eigenvalue weighted by Crippen LogP contribution is -2.18. The second-order valence-corrected chi connectivity index (χ2v) is 4.40. The smallest absolute Gasteiger partial charge is 0.307 e. The van der Waals surface area contributed by atoms with E-state index in [4.69, 9.17) is 10.5 Å². The molecular formula is C14H21NO2. The average Bonchev–Trinajstić information content (AvgIpc) is 2.29. The number of carbonyl (C=O) groups excluding carboxylic acids is 1. The van der Waals surface area contributed by atoms with Gasteiger partial charge in [-0.25, -0.2) is 0 Å². The lowest BCUT2D eigenvalue weighted by molar-refractivity contribution is -0.143. The van der Waals surface area contributed by atoms with Crippen LogP contribution < -0.4 is 5.73 Å². The number of rotatable bonds is 5. The Bertz CT molecular complexity index is 374. The van der Waals surface area contributed by atoms with Gasteiger partial charge in [0.25, 0.3) is 0 Å². The van der Waals surface area contributed by atoms with Gasteiger partial charge in [0.15, 0.2) is 0 Å². The number of esters is 1. The third kappa shape index (κ3) is 3.86. The van der Waals surface area contributed by atoms with Crippen molar-refractivity contribution >= 4 is 5.97 Å². The van der Waals surface area contributed by atoms with E-state index in [1.807, 2.05) is 18.2 Å². The first-order chi connectivity index (χ1) is 8.06. The fraction of sp³-hybridized carbons (Fsp3) is 0.500. The Hall–Kier alpha value is -1.35. The third-order valence-electron chi connectivity index (χ3n) is 2.71. The van der Waals surface area contributed by atoms with Gasteiger partial charge in [-0.05, 0) is 24.0 Å². The first-order valence-electron chi connectivity index (χ1n) is 6.06. The lowest BCUT2D eigenvalue weighted by atomic mass is 9.92. The first kappa shape index (κ1) is 13.7. The van der Waals surface area contributed by atoms with Gasteiger partial charge in [-0.2, -0.15) is 0 Å². The highest BCUT2D eigenvalue weighted by atomic mass is 16.5. The number of hydrogen-bond acceptors (Lipinski definition) is 3. The summed E-state index contributed by atoms with van der Waals surface area (Å²) in [4.78, 5) is 11.4. The van der Waals surface area contributed by atoms with Crippen LogP contribution in [0.2, 0.25) is 0 Å². The van der Waals surface area contributed by atoms with Gasteiger partial charge in [-0.3, -0.25) is 4.79 Å². The molecule has 17 heavy (non-hydrogen) atoms. The Balaban J connectivity index is 2.81. The number of nitrogens with two attached hydrogens (primary N) is 1. The number of carbonyl (C=O) groups is 1. The molecule has 0 heterocycles. The highest BCUT2D eigenvalue weighted by Crippen LogP contribution is 2.25. The minimum absolute atomic E-state index is 0.234. The SMILES string of the molecule is CCOC(=O)CC(N)c1ccccc1C(C)C. The molecule has 0 spiro atoms. The Morgan fingerprint density at radius 2 is 1.88 bits per heavy atom. The topological polar surface area (TPSA) is 52.3 Å². The molecule has 3 heteroatoms. The molecule has 1 atom stereocenters. The summed E-state index contributed by atoms with van der Waals surface area (Å²) >= 11 is 0. The van der Waals surface area contributed by atoms with E-state index in [1.54, 1.807) is 6.92 Å². The van der Waals surface area contributed by atoms with Crippen LogP contribution in [-0.4, -0.2) is 12.6 Å². The maximum Gasteiger partial charge on any atom is 0.307 e. The van der Waals surface area contributed by atoms with Gasteiger partial charge in [0.05, 0.1) is 13.0 Å². The van der Waals surface area contributed by atoms with E-state index in [-0.39, 0.29) is 18.4 Å². The highest BCUT2D eigenvalue weighted by Gasteiger charge is 2.16. The van der Waals surface area contributed by atoms with Crippen LogP contribution >= 0.6 is 0 Å². The van der Waals surface area contributed by atoms with Crippen LogP contribution in [0.5, 0.6) is 0 Å². The van der Waals surface area contributed by atoms with E-state index in [9.17, 15) is 4.79 Å². The summed E-state index contributed by atoms with van der Waals surface area (Å²) in [5.74, 6) is 0.165.